The van der Waals surface area contributed by atoms with E-state index < -0.39 is 0 Å². The van der Waals surface area contributed by atoms with E-state index in [9.17, 15) is 0 Å². The molecule has 1 aliphatic rings. The zero-order chi connectivity index (χ0) is 17.6. The van der Waals surface area contributed by atoms with E-state index in [0.29, 0.717) is 13.2 Å². The van der Waals surface area contributed by atoms with Gasteiger partial charge in [-0.2, -0.15) is 0 Å². The van der Waals surface area contributed by atoms with E-state index in [2.05, 4.69) is 36.2 Å². The highest BCUT2D eigenvalue weighted by atomic mass is 32.1. The van der Waals surface area contributed by atoms with Crippen LogP contribution in [-0.4, -0.2) is 35.8 Å². The Hall–Kier alpha value is -2.27. The molecule has 0 spiro atoms. The zero-order valence-electron chi connectivity index (χ0n) is 14.7. The molecule has 0 aliphatic carbocycles. The molecule has 0 aromatic heterocycles. The van der Waals surface area contributed by atoms with Gasteiger partial charge in [0.25, 0.3) is 0 Å². The van der Waals surface area contributed by atoms with Crippen molar-refractivity contribution in [3.8, 4) is 11.5 Å². The second-order valence-electron chi connectivity index (χ2n) is 6.24. The number of benzene rings is 2. The number of rotatable bonds is 5. The Morgan fingerprint density at radius 3 is 2.76 bits per heavy atom. The minimum atomic E-state index is -0.0429. The number of nitrogens with one attached hydrogen (secondary N) is 1. The van der Waals surface area contributed by atoms with Gasteiger partial charge in [-0.15, -0.1) is 0 Å². The molecular weight excluding hydrogens is 332 g/mol. The number of hydrogen-bond donors (Lipinski definition) is 1. The van der Waals surface area contributed by atoms with Crippen molar-refractivity contribution in [2.24, 2.45) is 0 Å². The Bertz CT molecular complexity index is 735. The van der Waals surface area contributed by atoms with Crippen LogP contribution in [0, 0.1) is 6.92 Å². The summed E-state index contributed by atoms with van der Waals surface area (Å²) in [6.45, 7) is 6.32. The fraction of sp³-hybridized carbons (Fsp3) is 0.350. The quantitative estimate of drug-likeness (QED) is 0.810. The van der Waals surface area contributed by atoms with Crippen LogP contribution in [0.2, 0.25) is 0 Å². The highest BCUT2D eigenvalue weighted by molar-refractivity contribution is 7.80. The maximum absolute atomic E-state index is 6.07. The Balaban J connectivity index is 1.64. The minimum absolute atomic E-state index is 0.0429. The monoisotopic (exact) mass is 356 g/mol. The van der Waals surface area contributed by atoms with Crippen LogP contribution in [0.5, 0.6) is 11.5 Å². The molecule has 3 rings (SSSR count). The number of ether oxygens (including phenoxy) is 2. The SMILES string of the molecule is CCCN(C[C@H]1COc2ccccc2O1)C(=S)Nc1cccc(C)c1. The fourth-order valence-electron chi connectivity index (χ4n) is 2.87. The van der Waals surface area contributed by atoms with Crippen molar-refractivity contribution in [2.45, 2.75) is 26.4 Å². The number of thiocarbonyl (C=S) groups is 1. The summed E-state index contributed by atoms with van der Waals surface area (Å²) in [5.41, 5.74) is 2.22. The van der Waals surface area contributed by atoms with Gasteiger partial charge in [-0.3, -0.25) is 0 Å². The summed E-state index contributed by atoms with van der Waals surface area (Å²) in [5.74, 6) is 1.61. The molecule has 0 radical (unpaired) electrons. The zero-order valence-corrected chi connectivity index (χ0v) is 15.5. The average molecular weight is 356 g/mol. The minimum Gasteiger partial charge on any atom is -0.486 e. The third-order valence-electron chi connectivity index (χ3n) is 4.04. The molecular formula is C20H24N2O2S. The highest BCUT2D eigenvalue weighted by Gasteiger charge is 2.24. The normalized spacial score (nSPS) is 15.5. The molecule has 0 saturated heterocycles. The Morgan fingerprint density at radius 1 is 1.20 bits per heavy atom. The largest absolute Gasteiger partial charge is 0.486 e. The van der Waals surface area contributed by atoms with Crippen LogP contribution in [0.15, 0.2) is 48.5 Å². The van der Waals surface area contributed by atoms with Gasteiger partial charge in [0.15, 0.2) is 22.7 Å². The van der Waals surface area contributed by atoms with Gasteiger partial charge in [-0.1, -0.05) is 31.2 Å². The Kier molecular flexibility index (Phi) is 5.76. The molecule has 2 aromatic carbocycles. The van der Waals surface area contributed by atoms with E-state index in [1.165, 1.54) is 5.56 Å². The topological polar surface area (TPSA) is 33.7 Å². The highest BCUT2D eigenvalue weighted by Crippen LogP contribution is 2.31. The van der Waals surface area contributed by atoms with Crippen LogP contribution in [0.4, 0.5) is 5.69 Å². The van der Waals surface area contributed by atoms with Crippen LogP contribution < -0.4 is 14.8 Å². The molecule has 4 nitrogen and oxygen atoms in total. The number of nitrogens with zero attached hydrogens (tertiary/aromatic N) is 1. The Morgan fingerprint density at radius 2 is 2.00 bits per heavy atom. The van der Waals surface area contributed by atoms with E-state index in [1.54, 1.807) is 0 Å². The van der Waals surface area contributed by atoms with E-state index in [-0.39, 0.29) is 6.10 Å². The summed E-state index contributed by atoms with van der Waals surface area (Å²) < 4.78 is 11.9. The molecule has 0 unspecified atom stereocenters. The third kappa shape index (κ3) is 4.63. The maximum atomic E-state index is 6.07. The number of para-hydroxylation sites is 2. The second-order valence-corrected chi connectivity index (χ2v) is 6.63. The lowest BCUT2D eigenvalue weighted by Crippen LogP contribution is -2.45. The molecule has 1 atom stereocenters. The van der Waals surface area contributed by atoms with Gasteiger partial charge in [0, 0.05) is 12.2 Å². The van der Waals surface area contributed by atoms with E-state index >= 15 is 0 Å². The molecule has 0 bridgehead atoms. The number of hydrogen-bond acceptors (Lipinski definition) is 3. The second kappa shape index (κ2) is 8.21. The first-order valence-electron chi connectivity index (χ1n) is 8.67. The number of aryl methyl sites for hydroxylation is 1. The summed E-state index contributed by atoms with van der Waals surface area (Å²) in [5, 5.41) is 4.05. The van der Waals surface area contributed by atoms with Crippen LogP contribution >= 0.6 is 12.2 Å². The molecule has 1 heterocycles. The summed E-state index contributed by atoms with van der Waals surface area (Å²) in [6, 6.07) is 16.0. The van der Waals surface area contributed by atoms with Gasteiger partial charge in [-0.25, -0.2) is 0 Å². The van der Waals surface area contributed by atoms with Gasteiger partial charge >= 0.3 is 0 Å². The predicted octanol–water partition coefficient (Wildman–Crippen LogP) is 4.24. The summed E-state index contributed by atoms with van der Waals surface area (Å²) >= 11 is 5.63. The average Bonchev–Trinajstić information content (AvgIpc) is 2.61. The van der Waals surface area contributed by atoms with E-state index in [1.807, 2.05) is 36.4 Å². The molecule has 132 valence electrons. The van der Waals surface area contributed by atoms with Crippen molar-refractivity contribution < 1.29 is 9.47 Å². The standard InChI is InChI=1S/C20H24N2O2S/c1-3-11-22(20(25)21-16-8-6-7-15(2)12-16)13-17-14-23-18-9-4-5-10-19(18)24-17/h4-10,12,17H,3,11,13-14H2,1-2H3,(H,21,25)/t17-/m0/s1. The van der Waals surface area contributed by atoms with Crippen molar-refractivity contribution >= 4 is 23.0 Å². The molecule has 1 aliphatic heterocycles. The molecule has 0 amide bonds. The van der Waals surface area contributed by atoms with Gasteiger partial charge in [0.1, 0.15) is 6.61 Å². The van der Waals surface area contributed by atoms with Gasteiger partial charge in [0.05, 0.1) is 6.54 Å². The molecule has 5 heteroatoms. The Labute approximate surface area is 154 Å². The van der Waals surface area contributed by atoms with Crippen LogP contribution in [0.25, 0.3) is 0 Å². The van der Waals surface area contributed by atoms with Gasteiger partial charge in [0.2, 0.25) is 0 Å². The van der Waals surface area contributed by atoms with E-state index in [0.717, 1.165) is 35.3 Å². The van der Waals surface area contributed by atoms with Crippen molar-refractivity contribution in [1.29, 1.82) is 0 Å². The fourth-order valence-corrected chi connectivity index (χ4v) is 3.15. The smallest absolute Gasteiger partial charge is 0.173 e. The first-order chi connectivity index (χ1) is 12.2. The lowest BCUT2D eigenvalue weighted by Gasteiger charge is -2.32. The molecule has 2 aromatic rings. The van der Waals surface area contributed by atoms with Crippen molar-refractivity contribution in [3.63, 3.8) is 0 Å². The molecule has 0 saturated carbocycles. The molecule has 1 N–H and O–H groups in total. The van der Waals surface area contributed by atoms with Gasteiger partial charge in [-0.05, 0) is 55.4 Å². The predicted molar refractivity (Wildman–Crippen MR) is 106 cm³/mol. The van der Waals surface area contributed by atoms with Gasteiger partial charge < -0.3 is 19.7 Å². The number of fused-ring (bicyclic) bond motifs is 1. The van der Waals surface area contributed by atoms with E-state index in [4.69, 9.17) is 21.7 Å². The van der Waals surface area contributed by atoms with Crippen LogP contribution in [0.3, 0.4) is 0 Å². The summed E-state index contributed by atoms with van der Waals surface area (Å²) in [7, 11) is 0. The maximum Gasteiger partial charge on any atom is 0.173 e. The third-order valence-corrected chi connectivity index (χ3v) is 4.40. The van der Waals surface area contributed by atoms with Crippen molar-refractivity contribution in [3.05, 3.63) is 54.1 Å². The van der Waals surface area contributed by atoms with Crippen LogP contribution in [0.1, 0.15) is 18.9 Å². The lowest BCUT2D eigenvalue weighted by atomic mass is 10.2. The first kappa shape index (κ1) is 17.5. The molecule has 25 heavy (non-hydrogen) atoms. The lowest BCUT2D eigenvalue weighted by molar-refractivity contribution is 0.0746. The summed E-state index contributed by atoms with van der Waals surface area (Å²) in [4.78, 5) is 2.15. The van der Waals surface area contributed by atoms with Crippen molar-refractivity contribution in [2.75, 3.05) is 25.0 Å². The van der Waals surface area contributed by atoms with Crippen LogP contribution in [-0.2, 0) is 0 Å². The summed E-state index contributed by atoms with van der Waals surface area (Å²) in [6.07, 6.45) is 0.971. The van der Waals surface area contributed by atoms with Crippen molar-refractivity contribution in [1.82, 2.24) is 4.90 Å². The first-order valence-corrected chi connectivity index (χ1v) is 9.07. The number of anilines is 1. The molecule has 0 fully saturated rings.